The van der Waals surface area contributed by atoms with Gasteiger partial charge in [0.25, 0.3) is 0 Å². The molecule has 2 aromatic carbocycles. The molecule has 0 aromatic heterocycles. The fraction of sp³-hybridized carbons (Fsp3) is 0.235. The van der Waals surface area contributed by atoms with Gasteiger partial charge in [0.1, 0.15) is 0 Å². The summed E-state index contributed by atoms with van der Waals surface area (Å²) in [6, 6.07) is 20.3. The Morgan fingerprint density at radius 2 is 1.85 bits per heavy atom. The molecule has 0 bridgehead atoms. The number of rotatable bonds is 2. The normalized spacial score (nSPS) is 22.1. The Morgan fingerprint density at radius 3 is 2.55 bits per heavy atom. The molecule has 1 heterocycles. The van der Waals surface area contributed by atoms with E-state index in [0.717, 1.165) is 12.1 Å². The fourth-order valence-corrected chi connectivity index (χ4v) is 2.50. The predicted molar refractivity (Wildman–Crippen MR) is 77.0 cm³/mol. The largest absolute Gasteiger partial charge is 0.370 e. The zero-order chi connectivity index (χ0) is 13.8. The average molecular weight is 264 g/mol. The van der Waals surface area contributed by atoms with E-state index in [4.69, 9.17) is 10.00 Å². The molecule has 0 amide bonds. The minimum atomic E-state index is 0.0169. The SMILES string of the molecule is N#Cc1cccc(C2CNC(c3ccccc3)CO2)c1. The van der Waals surface area contributed by atoms with Crippen molar-refractivity contribution in [1.82, 2.24) is 5.32 Å². The first-order valence-corrected chi connectivity index (χ1v) is 6.77. The third kappa shape index (κ3) is 2.72. The number of benzene rings is 2. The lowest BCUT2D eigenvalue weighted by molar-refractivity contribution is 0.00236. The molecule has 1 saturated heterocycles. The minimum absolute atomic E-state index is 0.0169. The molecule has 1 fully saturated rings. The molecule has 20 heavy (non-hydrogen) atoms. The summed E-state index contributed by atoms with van der Waals surface area (Å²) in [5, 5.41) is 12.5. The average Bonchev–Trinajstić information content (AvgIpc) is 2.56. The number of ether oxygens (including phenoxy) is 1. The van der Waals surface area contributed by atoms with Crippen LogP contribution in [0.5, 0.6) is 0 Å². The number of hydrogen-bond acceptors (Lipinski definition) is 3. The van der Waals surface area contributed by atoms with Crippen molar-refractivity contribution in [2.75, 3.05) is 13.2 Å². The molecule has 0 saturated carbocycles. The Hall–Kier alpha value is -2.15. The maximum absolute atomic E-state index is 8.94. The minimum Gasteiger partial charge on any atom is -0.370 e. The Balaban J connectivity index is 1.68. The third-order valence-corrected chi connectivity index (χ3v) is 3.60. The lowest BCUT2D eigenvalue weighted by Crippen LogP contribution is -2.36. The summed E-state index contributed by atoms with van der Waals surface area (Å²) < 4.78 is 5.96. The summed E-state index contributed by atoms with van der Waals surface area (Å²) in [5.74, 6) is 0. The molecule has 0 aliphatic carbocycles. The highest BCUT2D eigenvalue weighted by Gasteiger charge is 2.23. The highest BCUT2D eigenvalue weighted by molar-refractivity contribution is 5.34. The number of nitrogens with one attached hydrogen (secondary N) is 1. The number of morpholine rings is 1. The highest BCUT2D eigenvalue weighted by Crippen LogP contribution is 2.25. The number of hydrogen-bond donors (Lipinski definition) is 1. The van der Waals surface area contributed by atoms with Crippen LogP contribution in [0.25, 0.3) is 0 Å². The molecule has 3 nitrogen and oxygen atoms in total. The van der Waals surface area contributed by atoms with E-state index in [1.54, 1.807) is 0 Å². The zero-order valence-corrected chi connectivity index (χ0v) is 11.1. The molecule has 0 spiro atoms. The maximum atomic E-state index is 8.94. The van der Waals surface area contributed by atoms with E-state index in [1.165, 1.54) is 5.56 Å². The van der Waals surface area contributed by atoms with Crippen LogP contribution in [0.1, 0.15) is 28.8 Å². The van der Waals surface area contributed by atoms with Gasteiger partial charge in [0, 0.05) is 6.54 Å². The van der Waals surface area contributed by atoms with E-state index in [9.17, 15) is 0 Å². The second-order valence-corrected chi connectivity index (χ2v) is 4.93. The standard InChI is InChI=1S/C17H16N2O/c18-10-13-5-4-8-15(9-13)17-11-19-16(12-20-17)14-6-2-1-3-7-14/h1-9,16-17,19H,11-12H2. The monoisotopic (exact) mass is 264 g/mol. The summed E-state index contributed by atoms with van der Waals surface area (Å²) in [7, 11) is 0. The zero-order valence-electron chi connectivity index (χ0n) is 11.1. The quantitative estimate of drug-likeness (QED) is 0.907. The summed E-state index contributed by atoms with van der Waals surface area (Å²) in [6.45, 7) is 1.40. The van der Waals surface area contributed by atoms with E-state index < -0.39 is 0 Å². The van der Waals surface area contributed by atoms with Gasteiger partial charge in [-0.3, -0.25) is 0 Å². The molecule has 2 atom stereocenters. The Morgan fingerprint density at radius 1 is 1.05 bits per heavy atom. The van der Waals surface area contributed by atoms with Crippen LogP contribution in [0.3, 0.4) is 0 Å². The first kappa shape index (κ1) is 12.9. The van der Waals surface area contributed by atoms with Crippen LogP contribution < -0.4 is 5.32 Å². The first-order chi connectivity index (χ1) is 9.86. The van der Waals surface area contributed by atoms with Crippen LogP contribution in [0, 0.1) is 11.3 Å². The molecule has 1 aliphatic heterocycles. The molecular formula is C17H16N2O. The Bertz CT molecular complexity index is 610. The molecule has 100 valence electrons. The van der Waals surface area contributed by atoms with E-state index in [-0.39, 0.29) is 12.1 Å². The summed E-state index contributed by atoms with van der Waals surface area (Å²) in [6.07, 6.45) is 0.0169. The fourth-order valence-electron chi connectivity index (χ4n) is 2.50. The van der Waals surface area contributed by atoms with Crippen molar-refractivity contribution in [1.29, 1.82) is 5.26 Å². The van der Waals surface area contributed by atoms with Crippen molar-refractivity contribution in [3.05, 3.63) is 71.3 Å². The predicted octanol–water partition coefficient (Wildman–Crippen LogP) is 2.96. The van der Waals surface area contributed by atoms with Gasteiger partial charge in [0.2, 0.25) is 0 Å². The van der Waals surface area contributed by atoms with Gasteiger partial charge in [0.05, 0.1) is 30.4 Å². The summed E-state index contributed by atoms with van der Waals surface area (Å²) >= 11 is 0. The molecule has 1 N–H and O–H groups in total. The lowest BCUT2D eigenvalue weighted by Gasteiger charge is -2.31. The number of nitriles is 1. The molecule has 1 aliphatic rings. The van der Waals surface area contributed by atoms with Gasteiger partial charge in [0.15, 0.2) is 0 Å². The van der Waals surface area contributed by atoms with Gasteiger partial charge >= 0.3 is 0 Å². The topological polar surface area (TPSA) is 45.0 Å². The van der Waals surface area contributed by atoms with E-state index >= 15 is 0 Å². The molecule has 3 heteroatoms. The third-order valence-electron chi connectivity index (χ3n) is 3.60. The molecule has 3 rings (SSSR count). The van der Waals surface area contributed by atoms with Gasteiger partial charge in [-0.05, 0) is 23.3 Å². The van der Waals surface area contributed by atoms with Crippen molar-refractivity contribution in [3.8, 4) is 6.07 Å². The van der Waals surface area contributed by atoms with Gasteiger partial charge in [-0.15, -0.1) is 0 Å². The van der Waals surface area contributed by atoms with Gasteiger partial charge in [-0.25, -0.2) is 0 Å². The van der Waals surface area contributed by atoms with Crippen LogP contribution in [-0.4, -0.2) is 13.2 Å². The van der Waals surface area contributed by atoms with Crippen LogP contribution in [0.2, 0.25) is 0 Å². The van der Waals surface area contributed by atoms with Gasteiger partial charge in [-0.2, -0.15) is 5.26 Å². The van der Waals surface area contributed by atoms with Crippen LogP contribution in [-0.2, 0) is 4.74 Å². The molecular weight excluding hydrogens is 248 g/mol. The second kappa shape index (κ2) is 5.87. The highest BCUT2D eigenvalue weighted by atomic mass is 16.5. The van der Waals surface area contributed by atoms with Crippen LogP contribution in [0.4, 0.5) is 0 Å². The van der Waals surface area contributed by atoms with Crippen molar-refractivity contribution >= 4 is 0 Å². The van der Waals surface area contributed by atoms with E-state index in [1.807, 2.05) is 42.5 Å². The smallest absolute Gasteiger partial charge is 0.0991 e. The summed E-state index contributed by atoms with van der Waals surface area (Å²) in [5.41, 5.74) is 2.98. The molecule has 2 aromatic rings. The van der Waals surface area contributed by atoms with Crippen molar-refractivity contribution < 1.29 is 4.74 Å². The van der Waals surface area contributed by atoms with E-state index in [2.05, 4.69) is 23.5 Å². The van der Waals surface area contributed by atoms with Crippen LogP contribution >= 0.6 is 0 Å². The first-order valence-electron chi connectivity index (χ1n) is 6.77. The van der Waals surface area contributed by atoms with Crippen molar-refractivity contribution in [3.63, 3.8) is 0 Å². The maximum Gasteiger partial charge on any atom is 0.0991 e. The van der Waals surface area contributed by atoms with Crippen molar-refractivity contribution in [2.24, 2.45) is 0 Å². The van der Waals surface area contributed by atoms with E-state index in [0.29, 0.717) is 12.2 Å². The van der Waals surface area contributed by atoms with Crippen LogP contribution in [0.15, 0.2) is 54.6 Å². The number of nitrogens with zero attached hydrogens (tertiary/aromatic N) is 1. The molecule has 2 unspecified atom stereocenters. The van der Waals surface area contributed by atoms with Crippen molar-refractivity contribution in [2.45, 2.75) is 12.1 Å². The summed E-state index contributed by atoms with van der Waals surface area (Å²) in [4.78, 5) is 0. The Labute approximate surface area is 118 Å². The van der Waals surface area contributed by atoms with Gasteiger partial charge < -0.3 is 10.1 Å². The lowest BCUT2D eigenvalue weighted by atomic mass is 10.0. The second-order valence-electron chi connectivity index (χ2n) is 4.93. The Kier molecular flexibility index (Phi) is 3.78. The van der Waals surface area contributed by atoms with Gasteiger partial charge in [-0.1, -0.05) is 42.5 Å². The molecule has 0 radical (unpaired) electrons.